The molecule has 126 valence electrons. The quantitative estimate of drug-likeness (QED) is 0.290. The van der Waals surface area contributed by atoms with Crippen LogP contribution in [0.2, 0.25) is 0 Å². The Morgan fingerprint density at radius 2 is 1.86 bits per heavy atom. The van der Waals surface area contributed by atoms with Gasteiger partial charge in [-0.05, 0) is 27.4 Å². The summed E-state index contributed by atoms with van der Waals surface area (Å²) in [6, 6.07) is -0.122. The van der Waals surface area contributed by atoms with Gasteiger partial charge >= 0.3 is 5.97 Å². The molecule has 6 heteroatoms. The zero-order valence-electron chi connectivity index (χ0n) is 14.1. The van der Waals surface area contributed by atoms with E-state index in [1.54, 1.807) is 13.0 Å². The van der Waals surface area contributed by atoms with Crippen molar-refractivity contribution >= 4 is 11.9 Å². The molecule has 0 radical (unpaired) electrons. The maximum atomic E-state index is 11.8. The van der Waals surface area contributed by atoms with Crippen molar-refractivity contribution in [3.8, 4) is 0 Å². The molecule has 0 aromatic heterocycles. The fourth-order valence-corrected chi connectivity index (χ4v) is 2.03. The zero-order valence-corrected chi connectivity index (χ0v) is 14.1. The monoisotopic (exact) mass is 312 g/mol. The summed E-state index contributed by atoms with van der Waals surface area (Å²) in [4.78, 5) is 25.3. The first-order valence-corrected chi connectivity index (χ1v) is 7.48. The number of hydrogen-bond acceptors (Lipinski definition) is 5. The first-order valence-electron chi connectivity index (χ1n) is 7.48. The third kappa shape index (κ3) is 6.87. The van der Waals surface area contributed by atoms with Crippen molar-refractivity contribution in [2.24, 2.45) is 5.73 Å². The SMILES string of the molecule is CCCC(O)OC(=O)/C(C)=C/C=C(\C(N)=O)C(CC)N(C)C. The first-order chi connectivity index (χ1) is 10.2. The molecule has 0 aromatic rings. The second-order valence-electron chi connectivity index (χ2n) is 5.37. The fourth-order valence-electron chi connectivity index (χ4n) is 2.03. The standard InChI is InChI=1S/C16H28N2O4/c1-6-8-14(19)22-16(21)11(3)9-10-12(15(17)20)13(7-2)18(4)5/h9-10,13-14,19H,6-8H2,1-5H3,(H2,17,20)/b11-9+,12-10-. The maximum Gasteiger partial charge on any atom is 0.336 e. The van der Waals surface area contributed by atoms with Gasteiger partial charge in [-0.25, -0.2) is 4.79 Å². The number of rotatable bonds is 9. The summed E-state index contributed by atoms with van der Waals surface area (Å²) in [6.45, 7) is 5.40. The van der Waals surface area contributed by atoms with Crippen LogP contribution < -0.4 is 5.73 Å². The fraction of sp³-hybridized carbons (Fsp3) is 0.625. The summed E-state index contributed by atoms with van der Waals surface area (Å²) in [7, 11) is 3.72. The molecule has 0 aliphatic heterocycles. The summed E-state index contributed by atoms with van der Waals surface area (Å²) >= 11 is 0. The Morgan fingerprint density at radius 3 is 2.27 bits per heavy atom. The molecule has 0 spiro atoms. The summed E-state index contributed by atoms with van der Waals surface area (Å²) in [5, 5.41) is 9.47. The normalized spacial score (nSPS) is 15.6. The lowest BCUT2D eigenvalue weighted by Gasteiger charge is -2.23. The van der Waals surface area contributed by atoms with Crippen molar-refractivity contribution in [1.82, 2.24) is 4.90 Å². The van der Waals surface area contributed by atoms with Crippen molar-refractivity contribution in [3.63, 3.8) is 0 Å². The van der Waals surface area contributed by atoms with Gasteiger partial charge in [0.05, 0.1) is 0 Å². The molecular weight excluding hydrogens is 284 g/mol. The van der Waals surface area contributed by atoms with Crippen LogP contribution in [0.3, 0.4) is 0 Å². The van der Waals surface area contributed by atoms with E-state index in [4.69, 9.17) is 10.5 Å². The van der Waals surface area contributed by atoms with E-state index in [-0.39, 0.29) is 6.04 Å². The summed E-state index contributed by atoms with van der Waals surface area (Å²) in [5.41, 5.74) is 6.13. The third-order valence-electron chi connectivity index (χ3n) is 3.27. The number of aliphatic hydroxyl groups is 1. The molecule has 0 bridgehead atoms. The van der Waals surface area contributed by atoms with Crippen LogP contribution in [0.5, 0.6) is 0 Å². The number of ether oxygens (including phenoxy) is 1. The summed E-state index contributed by atoms with van der Waals surface area (Å²) in [6.07, 6.45) is 3.75. The van der Waals surface area contributed by atoms with Crippen LogP contribution in [0.15, 0.2) is 23.3 Å². The lowest BCUT2D eigenvalue weighted by molar-refractivity contribution is -0.163. The van der Waals surface area contributed by atoms with E-state index < -0.39 is 18.2 Å². The van der Waals surface area contributed by atoms with E-state index >= 15 is 0 Å². The molecule has 0 aromatic carbocycles. The first kappa shape index (κ1) is 20.3. The third-order valence-corrected chi connectivity index (χ3v) is 3.27. The van der Waals surface area contributed by atoms with Gasteiger partial charge in [-0.15, -0.1) is 0 Å². The lowest BCUT2D eigenvalue weighted by Crippen LogP contribution is -2.35. The molecule has 0 aliphatic carbocycles. The molecule has 0 fully saturated rings. The number of primary amides is 1. The highest BCUT2D eigenvalue weighted by molar-refractivity contribution is 5.94. The minimum Gasteiger partial charge on any atom is -0.433 e. The van der Waals surface area contributed by atoms with Crippen LogP contribution in [-0.2, 0) is 14.3 Å². The van der Waals surface area contributed by atoms with E-state index in [9.17, 15) is 14.7 Å². The van der Waals surface area contributed by atoms with E-state index in [1.165, 1.54) is 6.08 Å². The number of carbonyl (C=O) groups is 2. The number of allylic oxidation sites excluding steroid dienone is 2. The molecule has 2 unspecified atom stereocenters. The topological polar surface area (TPSA) is 92.9 Å². The van der Waals surface area contributed by atoms with E-state index in [2.05, 4.69) is 0 Å². The van der Waals surface area contributed by atoms with Gasteiger partial charge in [0.2, 0.25) is 12.2 Å². The molecule has 1 amide bonds. The minimum absolute atomic E-state index is 0.122. The molecule has 0 heterocycles. The van der Waals surface area contributed by atoms with Gasteiger partial charge in [0, 0.05) is 23.6 Å². The number of carbonyl (C=O) groups excluding carboxylic acids is 2. The number of esters is 1. The predicted molar refractivity (Wildman–Crippen MR) is 85.8 cm³/mol. The number of likely N-dealkylation sites (N-methyl/N-ethyl adjacent to an activating group) is 1. The molecule has 2 atom stereocenters. The van der Waals surface area contributed by atoms with Crippen LogP contribution in [0.4, 0.5) is 0 Å². The molecule has 0 saturated heterocycles. The Balaban J connectivity index is 5.12. The maximum absolute atomic E-state index is 11.8. The van der Waals surface area contributed by atoms with Gasteiger partial charge in [0.1, 0.15) is 0 Å². The van der Waals surface area contributed by atoms with Crippen molar-refractivity contribution < 1.29 is 19.4 Å². The van der Waals surface area contributed by atoms with Gasteiger partial charge in [-0.3, -0.25) is 4.79 Å². The van der Waals surface area contributed by atoms with E-state index in [0.29, 0.717) is 30.4 Å². The van der Waals surface area contributed by atoms with Gasteiger partial charge in [-0.1, -0.05) is 32.4 Å². The summed E-state index contributed by atoms with van der Waals surface area (Å²) in [5.74, 6) is -1.14. The lowest BCUT2D eigenvalue weighted by atomic mass is 10.0. The van der Waals surface area contributed by atoms with Crippen LogP contribution in [0, 0.1) is 0 Å². The molecule has 6 nitrogen and oxygen atoms in total. The molecule has 22 heavy (non-hydrogen) atoms. The van der Waals surface area contributed by atoms with Crippen molar-refractivity contribution in [1.29, 1.82) is 0 Å². The summed E-state index contributed by atoms with van der Waals surface area (Å²) < 4.78 is 4.87. The highest BCUT2D eigenvalue weighted by Gasteiger charge is 2.19. The molecule has 3 N–H and O–H groups in total. The van der Waals surface area contributed by atoms with Gasteiger partial charge in [0.25, 0.3) is 0 Å². The van der Waals surface area contributed by atoms with Crippen molar-refractivity contribution in [3.05, 3.63) is 23.3 Å². The largest absolute Gasteiger partial charge is 0.433 e. The highest BCUT2D eigenvalue weighted by atomic mass is 16.6. The van der Waals surface area contributed by atoms with Crippen LogP contribution >= 0.6 is 0 Å². The van der Waals surface area contributed by atoms with Gasteiger partial charge in [0.15, 0.2) is 0 Å². The average Bonchev–Trinajstić information content (AvgIpc) is 2.42. The smallest absolute Gasteiger partial charge is 0.336 e. The minimum atomic E-state index is -1.11. The van der Waals surface area contributed by atoms with E-state index in [1.807, 2.05) is 32.8 Å². The van der Waals surface area contributed by atoms with E-state index in [0.717, 1.165) is 0 Å². The number of hydrogen-bond donors (Lipinski definition) is 2. The highest BCUT2D eigenvalue weighted by Crippen LogP contribution is 2.13. The Kier molecular flexibility index (Phi) is 9.37. The van der Waals surface area contributed by atoms with Crippen LogP contribution in [0.25, 0.3) is 0 Å². The van der Waals surface area contributed by atoms with Crippen LogP contribution in [-0.4, -0.2) is 48.3 Å². The van der Waals surface area contributed by atoms with Crippen molar-refractivity contribution in [2.75, 3.05) is 14.1 Å². The number of aliphatic hydroxyl groups excluding tert-OH is 1. The zero-order chi connectivity index (χ0) is 17.3. The predicted octanol–water partition coefficient (Wildman–Crippen LogP) is 1.35. The Labute approximate surface area is 132 Å². The second kappa shape index (κ2) is 10.1. The Morgan fingerprint density at radius 1 is 1.27 bits per heavy atom. The molecule has 0 aliphatic rings. The number of amides is 1. The van der Waals surface area contributed by atoms with Crippen molar-refractivity contribution in [2.45, 2.75) is 52.4 Å². The van der Waals surface area contributed by atoms with Gasteiger partial charge in [-0.2, -0.15) is 0 Å². The Hall–Kier alpha value is -1.66. The molecule has 0 rings (SSSR count). The number of nitrogens with zero attached hydrogens (tertiary/aromatic N) is 1. The number of nitrogens with two attached hydrogens (primary N) is 1. The molecular formula is C16H28N2O4. The second-order valence-corrected chi connectivity index (χ2v) is 5.37. The molecule has 0 saturated carbocycles. The average molecular weight is 312 g/mol. The van der Waals surface area contributed by atoms with Gasteiger partial charge < -0.3 is 20.5 Å². The van der Waals surface area contributed by atoms with Crippen LogP contribution in [0.1, 0.15) is 40.0 Å². The Bertz CT molecular complexity index is 441.